The van der Waals surface area contributed by atoms with Crippen molar-refractivity contribution in [1.82, 2.24) is 0 Å². The van der Waals surface area contributed by atoms with Gasteiger partial charge in [0.05, 0.1) is 0 Å². The lowest BCUT2D eigenvalue weighted by Gasteiger charge is -1.95. The Morgan fingerprint density at radius 1 is 0.900 bits per heavy atom. The SMILES string of the molecule is C=c1cc(S)c(S)cc1=C. The minimum Gasteiger partial charge on any atom is -0.142 e. The molecule has 0 saturated carbocycles. The summed E-state index contributed by atoms with van der Waals surface area (Å²) in [4.78, 5) is 1.70. The zero-order chi connectivity index (χ0) is 7.72. The van der Waals surface area contributed by atoms with Gasteiger partial charge in [-0.2, -0.15) is 0 Å². The van der Waals surface area contributed by atoms with Gasteiger partial charge < -0.3 is 0 Å². The van der Waals surface area contributed by atoms with E-state index in [4.69, 9.17) is 0 Å². The predicted octanol–water partition coefficient (Wildman–Crippen LogP) is 1.08. The Balaban J connectivity index is 3.59. The maximum Gasteiger partial charge on any atom is 0.0180 e. The lowest BCUT2D eigenvalue weighted by atomic mass is 10.3. The molecule has 0 aliphatic carbocycles. The van der Waals surface area contributed by atoms with Crippen molar-refractivity contribution in [3.05, 3.63) is 22.6 Å². The quantitative estimate of drug-likeness (QED) is 0.532. The molecule has 0 radical (unpaired) electrons. The van der Waals surface area contributed by atoms with Crippen LogP contribution in [0.1, 0.15) is 0 Å². The molecule has 0 amide bonds. The maximum atomic E-state index is 4.17. The van der Waals surface area contributed by atoms with Gasteiger partial charge >= 0.3 is 0 Å². The second kappa shape index (κ2) is 2.72. The number of hydrogen-bond acceptors (Lipinski definition) is 2. The van der Waals surface area contributed by atoms with Gasteiger partial charge in [-0.05, 0) is 22.6 Å². The van der Waals surface area contributed by atoms with Crippen molar-refractivity contribution in [1.29, 1.82) is 0 Å². The second-order valence-electron chi connectivity index (χ2n) is 2.11. The zero-order valence-electron chi connectivity index (χ0n) is 5.46. The first-order chi connectivity index (χ1) is 4.61. The minimum atomic E-state index is 0.848. The monoisotopic (exact) mass is 168 g/mol. The van der Waals surface area contributed by atoms with Gasteiger partial charge in [0.2, 0.25) is 0 Å². The molecule has 0 atom stereocenters. The molecule has 0 aliphatic heterocycles. The zero-order valence-corrected chi connectivity index (χ0v) is 7.25. The van der Waals surface area contributed by atoms with E-state index in [1.54, 1.807) is 0 Å². The van der Waals surface area contributed by atoms with Crippen LogP contribution in [0, 0.1) is 0 Å². The maximum absolute atomic E-state index is 4.17. The molecule has 0 fully saturated rings. The Hall–Kier alpha value is -0.340. The third-order valence-corrected chi connectivity index (χ3v) is 2.21. The molecule has 52 valence electrons. The van der Waals surface area contributed by atoms with Crippen molar-refractivity contribution >= 4 is 38.4 Å². The molecule has 0 saturated heterocycles. The van der Waals surface area contributed by atoms with Crippen LogP contribution in [0.4, 0.5) is 0 Å². The average Bonchev–Trinajstić information content (AvgIpc) is 1.84. The highest BCUT2D eigenvalue weighted by Crippen LogP contribution is 2.11. The molecule has 1 aromatic rings. The third-order valence-electron chi connectivity index (χ3n) is 1.30. The molecule has 0 unspecified atom stereocenters. The van der Waals surface area contributed by atoms with Crippen molar-refractivity contribution in [3.63, 3.8) is 0 Å². The summed E-state index contributed by atoms with van der Waals surface area (Å²) in [7, 11) is 0. The molecular formula is C8H8S2. The molecule has 0 bridgehead atoms. The molecular weight excluding hydrogens is 160 g/mol. The Labute approximate surface area is 71.1 Å². The highest BCUT2D eigenvalue weighted by atomic mass is 32.1. The van der Waals surface area contributed by atoms with Crippen molar-refractivity contribution < 1.29 is 0 Å². The van der Waals surface area contributed by atoms with Crippen molar-refractivity contribution in [2.24, 2.45) is 0 Å². The van der Waals surface area contributed by atoms with Crippen molar-refractivity contribution in [2.75, 3.05) is 0 Å². The lowest BCUT2D eigenvalue weighted by molar-refractivity contribution is 1.23. The predicted molar refractivity (Wildman–Crippen MR) is 51.2 cm³/mol. The summed E-state index contributed by atoms with van der Waals surface area (Å²) in [6.45, 7) is 7.55. The molecule has 0 aromatic heterocycles. The number of thiol groups is 2. The van der Waals surface area contributed by atoms with Crippen LogP contribution >= 0.6 is 25.3 Å². The second-order valence-corrected chi connectivity index (χ2v) is 3.07. The highest BCUT2D eigenvalue weighted by Gasteiger charge is 1.90. The van der Waals surface area contributed by atoms with E-state index in [1.165, 1.54) is 0 Å². The molecule has 10 heavy (non-hydrogen) atoms. The summed E-state index contributed by atoms with van der Waals surface area (Å²) in [6.07, 6.45) is 0. The van der Waals surface area contributed by atoms with E-state index >= 15 is 0 Å². The van der Waals surface area contributed by atoms with Gasteiger partial charge in [-0.3, -0.25) is 0 Å². The van der Waals surface area contributed by atoms with Crippen LogP contribution < -0.4 is 10.4 Å². The lowest BCUT2D eigenvalue weighted by Crippen LogP contribution is -2.20. The minimum absolute atomic E-state index is 0.848. The van der Waals surface area contributed by atoms with Gasteiger partial charge in [-0.1, -0.05) is 13.2 Å². The van der Waals surface area contributed by atoms with Gasteiger partial charge in [0.1, 0.15) is 0 Å². The normalized spacial score (nSPS) is 9.80. The fraction of sp³-hybridized carbons (Fsp3) is 0. The fourth-order valence-electron chi connectivity index (χ4n) is 0.663. The Bertz CT molecular complexity index is 306. The van der Waals surface area contributed by atoms with Gasteiger partial charge in [0, 0.05) is 9.79 Å². The van der Waals surface area contributed by atoms with E-state index in [0.717, 1.165) is 20.2 Å². The smallest absolute Gasteiger partial charge is 0.0180 e. The van der Waals surface area contributed by atoms with Gasteiger partial charge in [0.15, 0.2) is 0 Å². The van der Waals surface area contributed by atoms with Gasteiger partial charge in [-0.25, -0.2) is 0 Å². The largest absolute Gasteiger partial charge is 0.142 e. The van der Waals surface area contributed by atoms with Crippen LogP contribution in [-0.4, -0.2) is 0 Å². The molecule has 2 heteroatoms. The van der Waals surface area contributed by atoms with Gasteiger partial charge in [-0.15, -0.1) is 25.3 Å². The van der Waals surface area contributed by atoms with Crippen LogP contribution in [0.2, 0.25) is 0 Å². The van der Waals surface area contributed by atoms with Crippen LogP contribution in [0.3, 0.4) is 0 Å². The summed E-state index contributed by atoms with van der Waals surface area (Å²) < 4.78 is 0. The Morgan fingerprint density at radius 3 is 1.50 bits per heavy atom. The molecule has 1 aromatic carbocycles. The van der Waals surface area contributed by atoms with E-state index in [9.17, 15) is 0 Å². The van der Waals surface area contributed by atoms with Crippen molar-refractivity contribution in [3.8, 4) is 0 Å². The number of rotatable bonds is 0. The van der Waals surface area contributed by atoms with Crippen LogP contribution in [0.5, 0.6) is 0 Å². The Kier molecular flexibility index (Phi) is 2.11. The summed E-state index contributed by atoms with van der Waals surface area (Å²) in [5.74, 6) is 0. The number of benzene rings is 1. The highest BCUT2D eigenvalue weighted by molar-refractivity contribution is 7.83. The summed E-state index contributed by atoms with van der Waals surface area (Å²) in [5, 5.41) is 1.81. The molecule has 0 aliphatic rings. The van der Waals surface area contributed by atoms with E-state index in [-0.39, 0.29) is 0 Å². The van der Waals surface area contributed by atoms with Crippen LogP contribution in [0.15, 0.2) is 21.9 Å². The Morgan fingerprint density at radius 2 is 1.20 bits per heavy atom. The number of hydrogen-bond donors (Lipinski definition) is 2. The first kappa shape index (κ1) is 7.76. The van der Waals surface area contributed by atoms with Gasteiger partial charge in [0.25, 0.3) is 0 Å². The molecule has 0 N–H and O–H groups in total. The van der Waals surface area contributed by atoms with Crippen LogP contribution in [-0.2, 0) is 0 Å². The van der Waals surface area contributed by atoms with Crippen molar-refractivity contribution in [2.45, 2.75) is 9.79 Å². The molecule has 0 nitrogen and oxygen atoms in total. The third kappa shape index (κ3) is 1.39. The standard InChI is InChI=1S/C8H8S2/c1-5-3-7(9)8(10)4-6(5)2/h3-4,9-10H,1-2H2. The first-order valence-electron chi connectivity index (χ1n) is 2.81. The van der Waals surface area contributed by atoms with E-state index in [0.29, 0.717) is 0 Å². The summed E-state index contributed by atoms with van der Waals surface area (Å²) >= 11 is 8.34. The fourth-order valence-corrected chi connectivity index (χ4v) is 1.10. The first-order valence-corrected chi connectivity index (χ1v) is 3.70. The summed E-state index contributed by atoms with van der Waals surface area (Å²) in [5.41, 5.74) is 0. The molecule has 1 rings (SSSR count). The summed E-state index contributed by atoms with van der Waals surface area (Å²) in [6, 6.07) is 3.71. The van der Waals surface area contributed by atoms with E-state index in [2.05, 4.69) is 38.4 Å². The van der Waals surface area contributed by atoms with E-state index < -0.39 is 0 Å². The van der Waals surface area contributed by atoms with Crippen LogP contribution in [0.25, 0.3) is 13.2 Å². The van der Waals surface area contributed by atoms with E-state index in [1.807, 2.05) is 12.1 Å². The average molecular weight is 168 g/mol. The molecule has 0 spiro atoms. The topological polar surface area (TPSA) is 0 Å². The molecule has 0 heterocycles.